The number of benzene rings is 3. The Morgan fingerprint density at radius 2 is 1.72 bits per heavy atom. The fraction of sp³-hybridized carbons (Fsp3) is 0.508. The Labute approximate surface area is 471 Å². The van der Waals surface area contributed by atoms with Crippen LogP contribution in [0.4, 0.5) is 20.8 Å². The minimum absolute atomic E-state index is 0.000827. The number of hydrogen-bond donors (Lipinski definition) is 3. The van der Waals surface area contributed by atoms with Gasteiger partial charge in [-0.2, -0.15) is 15.2 Å². The van der Waals surface area contributed by atoms with Crippen LogP contribution in [0.15, 0.2) is 71.4 Å². The van der Waals surface area contributed by atoms with Crippen LogP contribution >= 0.6 is 0 Å². The molecule has 0 radical (unpaired) electrons. The van der Waals surface area contributed by atoms with Gasteiger partial charge in [0, 0.05) is 81.8 Å². The molecular weight excluding hydrogens is 1030 g/mol. The van der Waals surface area contributed by atoms with Crippen molar-refractivity contribution in [3.05, 3.63) is 95.1 Å². The molecule has 426 valence electrons. The number of aromatic hydroxyl groups is 1. The number of fused-ring (bicyclic) bond motifs is 5. The van der Waals surface area contributed by atoms with E-state index in [1.54, 1.807) is 46.3 Å². The lowest BCUT2D eigenvalue weighted by atomic mass is 9.95. The number of carbonyl (C=O) groups excluding carboxylic acids is 3. The van der Waals surface area contributed by atoms with E-state index < -0.39 is 11.9 Å². The average molecular weight is 1110 g/mol. The number of hydrogen-bond acceptors (Lipinski definition) is 16. The minimum atomic E-state index is -0.595. The van der Waals surface area contributed by atoms with Crippen LogP contribution in [-0.2, 0) is 27.2 Å². The van der Waals surface area contributed by atoms with Gasteiger partial charge in [-0.25, -0.2) is 9.18 Å². The number of phenols is 1. The molecule has 0 aliphatic carbocycles. The summed E-state index contributed by atoms with van der Waals surface area (Å²) in [5.74, 6) is 0.577. The van der Waals surface area contributed by atoms with E-state index >= 15 is 4.39 Å². The van der Waals surface area contributed by atoms with E-state index in [0.29, 0.717) is 98.2 Å². The molecule has 3 aromatic carbocycles. The zero-order chi connectivity index (χ0) is 56.4. The molecule has 3 aromatic heterocycles. The number of phenolic OH excluding ortho intramolecular Hbond substituents is 1. The molecule has 19 nitrogen and oxygen atoms in total. The van der Waals surface area contributed by atoms with Gasteiger partial charge in [-0.1, -0.05) is 62.7 Å². The van der Waals surface area contributed by atoms with Crippen LogP contribution in [0.5, 0.6) is 11.8 Å². The number of nitrogens with one attached hydrogen (secondary N) is 2. The number of likely N-dealkylation sites (tertiary alicyclic amines) is 1. The second kappa shape index (κ2) is 23.8. The zero-order valence-corrected chi connectivity index (χ0v) is 46.8. The number of anilines is 2. The third kappa shape index (κ3) is 11.4. The second-order valence-electron chi connectivity index (χ2n) is 22.7. The highest BCUT2D eigenvalue weighted by atomic mass is 19.1. The Bertz CT molecular complexity index is 3320. The molecule has 6 atom stereocenters. The quantitative estimate of drug-likeness (QED) is 0.0936. The van der Waals surface area contributed by atoms with Crippen LogP contribution in [0.25, 0.3) is 32.9 Å². The van der Waals surface area contributed by atoms with Crippen molar-refractivity contribution < 1.29 is 37.9 Å². The van der Waals surface area contributed by atoms with Crippen LogP contribution in [-0.4, -0.2) is 153 Å². The van der Waals surface area contributed by atoms with Gasteiger partial charge in [-0.05, 0) is 117 Å². The SMILES string of the molecule is CCC.CCc1cccc2cc(O)cc(-c3ncc4c(N5CC6CCC(C5)N6)nc(OCC56CCCN5C(COC(=O)N5CCN(c7cc(CC(=O)N8CCCC8C(=O)NC(C)c8ccc(C#N)cc8)on7)CC5)CC6)nc4c3F)c12. The smallest absolute Gasteiger partial charge is 0.409 e. The van der Waals surface area contributed by atoms with Crippen molar-refractivity contribution in [1.82, 2.24) is 45.4 Å². The van der Waals surface area contributed by atoms with Gasteiger partial charge < -0.3 is 49.3 Å². The highest BCUT2D eigenvalue weighted by Crippen LogP contribution is 2.44. The maximum absolute atomic E-state index is 17.3. The van der Waals surface area contributed by atoms with Gasteiger partial charge in [0.1, 0.15) is 47.8 Å². The third-order valence-electron chi connectivity index (χ3n) is 17.3. The number of amides is 3. The number of ether oxygens (including phenoxy) is 2. The van der Waals surface area contributed by atoms with Crippen molar-refractivity contribution in [1.29, 1.82) is 5.26 Å². The van der Waals surface area contributed by atoms with Gasteiger partial charge in [0.15, 0.2) is 11.6 Å². The summed E-state index contributed by atoms with van der Waals surface area (Å²) in [4.78, 5) is 65.0. The van der Waals surface area contributed by atoms with Crippen molar-refractivity contribution in [2.24, 2.45) is 0 Å². The van der Waals surface area contributed by atoms with E-state index in [1.165, 1.54) is 6.42 Å². The lowest BCUT2D eigenvalue weighted by Crippen LogP contribution is -2.51. The van der Waals surface area contributed by atoms with Crippen LogP contribution in [0.1, 0.15) is 114 Å². The molecule has 6 fully saturated rings. The number of nitriles is 1. The Hall–Kier alpha value is -7.63. The molecular formula is C61H73FN12O7. The van der Waals surface area contributed by atoms with Crippen LogP contribution in [0.3, 0.4) is 0 Å². The number of pyridine rings is 1. The average Bonchev–Trinajstić information content (AvgIpc) is 4.48. The van der Waals surface area contributed by atoms with Crippen molar-refractivity contribution in [3.63, 3.8) is 0 Å². The van der Waals surface area contributed by atoms with E-state index in [4.69, 9.17) is 34.2 Å². The minimum Gasteiger partial charge on any atom is -0.508 e. The second-order valence-corrected chi connectivity index (χ2v) is 22.7. The number of carbonyl (C=O) groups is 3. The first kappa shape index (κ1) is 55.3. The number of nitrogens with zero attached hydrogens (tertiary/aromatic N) is 10. The molecule has 20 heteroatoms. The van der Waals surface area contributed by atoms with E-state index in [1.807, 2.05) is 42.2 Å². The highest BCUT2D eigenvalue weighted by molar-refractivity contribution is 6.01. The van der Waals surface area contributed by atoms with E-state index in [-0.39, 0.29) is 71.5 Å². The van der Waals surface area contributed by atoms with Gasteiger partial charge in [-0.15, -0.1) is 0 Å². The molecule has 6 aliphatic heterocycles. The molecule has 0 spiro atoms. The van der Waals surface area contributed by atoms with Crippen LogP contribution in [0.2, 0.25) is 0 Å². The summed E-state index contributed by atoms with van der Waals surface area (Å²) in [6, 6.07) is 19.9. The predicted octanol–water partition coefficient (Wildman–Crippen LogP) is 8.21. The van der Waals surface area contributed by atoms with Crippen molar-refractivity contribution in [2.45, 2.75) is 134 Å². The summed E-state index contributed by atoms with van der Waals surface area (Å²) >= 11 is 0. The predicted molar refractivity (Wildman–Crippen MR) is 304 cm³/mol. The lowest BCUT2D eigenvalue weighted by Gasteiger charge is -2.36. The van der Waals surface area contributed by atoms with Gasteiger partial charge in [0.25, 0.3) is 0 Å². The summed E-state index contributed by atoms with van der Waals surface area (Å²) in [6.45, 7) is 13.3. The van der Waals surface area contributed by atoms with Gasteiger partial charge >= 0.3 is 12.1 Å². The molecule has 0 saturated carbocycles. The van der Waals surface area contributed by atoms with Crippen LogP contribution in [0, 0.1) is 17.1 Å². The van der Waals surface area contributed by atoms with E-state index in [9.17, 15) is 19.5 Å². The zero-order valence-electron chi connectivity index (χ0n) is 46.8. The summed E-state index contributed by atoms with van der Waals surface area (Å²) in [5.41, 5.74) is 2.84. The summed E-state index contributed by atoms with van der Waals surface area (Å²) in [5, 5.41) is 33.1. The van der Waals surface area contributed by atoms with Crippen LogP contribution < -0.4 is 25.2 Å². The first-order valence-corrected chi connectivity index (χ1v) is 29.1. The van der Waals surface area contributed by atoms with Gasteiger partial charge in [0.2, 0.25) is 11.8 Å². The molecule has 3 N–H and O–H groups in total. The molecule has 81 heavy (non-hydrogen) atoms. The molecule has 6 aliphatic rings. The Kier molecular flexibility index (Phi) is 16.3. The van der Waals surface area contributed by atoms with E-state index in [0.717, 1.165) is 86.5 Å². The highest BCUT2D eigenvalue weighted by Gasteiger charge is 2.50. The molecule has 6 saturated heterocycles. The standard InChI is InChI=1S/C58H65FN12O7.C3H8/c1-3-37-7-4-8-39-25-43(72)26-45(50(37)39)52-51(59)53-46(30-61-52)54(69-31-40-14-15-41(32-69)63-40)65-56(64-53)77-34-58-17-6-20-71(58)42(16-18-58)33-76-57(75)68-23-21-67(22-24-68)48-27-44(78-66-48)28-49(73)70-19-5-9-47(70)55(74)62-35(2)38-12-10-36(29-60)11-13-38;1-3-2/h4,7-8,10-13,25-27,30,35,40-42,47,63,72H,3,5-6,9,14-24,28,31-34H2,1-2H3,(H,62,74);3H2,1-2H3. The maximum atomic E-state index is 17.3. The topological polar surface area (TPSA) is 219 Å². The normalized spacial score (nSPS) is 22.8. The van der Waals surface area contributed by atoms with Gasteiger partial charge in [0.05, 0.1) is 35.0 Å². The summed E-state index contributed by atoms with van der Waals surface area (Å²) < 4.78 is 35.6. The van der Waals surface area contributed by atoms with Crippen molar-refractivity contribution >= 4 is 51.2 Å². The Morgan fingerprint density at radius 1 is 0.938 bits per heavy atom. The number of piperazine rings is 2. The monoisotopic (exact) mass is 1100 g/mol. The van der Waals surface area contributed by atoms with Crippen molar-refractivity contribution in [3.8, 4) is 29.1 Å². The fourth-order valence-electron chi connectivity index (χ4n) is 13.2. The number of rotatable bonds is 14. The first-order chi connectivity index (χ1) is 39.3. The fourth-order valence-corrected chi connectivity index (χ4v) is 13.2. The maximum Gasteiger partial charge on any atom is 0.409 e. The third-order valence-corrected chi connectivity index (χ3v) is 17.3. The van der Waals surface area contributed by atoms with E-state index in [2.05, 4.69) is 52.4 Å². The number of halogens is 1. The van der Waals surface area contributed by atoms with Crippen molar-refractivity contribution in [2.75, 3.05) is 75.4 Å². The number of aromatic nitrogens is 4. The molecule has 9 heterocycles. The summed E-state index contributed by atoms with van der Waals surface area (Å²) in [7, 11) is 0. The molecule has 12 rings (SSSR count). The molecule has 6 unspecified atom stereocenters. The number of aryl methyl sites for hydroxylation is 1. The first-order valence-electron chi connectivity index (χ1n) is 29.1. The lowest BCUT2D eigenvalue weighted by molar-refractivity contribution is -0.138. The molecule has 2 bridgehead atoms. The Morgan fingerprint density at radius 3 is 2.47 bits per heavy atom. The summed E-state index contributed by atoms with van der Waals surface area (Å²) in [6.07, 6.45) is 10.1. The molecule has 6 aromatic rings. The van der Waals surface area contributed by atoms with Gasteiger partial charge in [-0.3, -0.25) is 19.5 Å². The largest absolute Gasteiger partial charge is 0.508 e. The molecule has 3 amide bonds. The Balaban J connectivity index is 0.00000225.